The Morgan fingerprint density at radius 1 is 1.20 bits per heavy atom. The predicted octanol–water partition coefficient (Wildman–Crippen LogP) is 3.52. The molecule has 1 heterocycles. The summed E-state index contributed by atoms with van der Waals surface area (Å²) >= 11 is 0. The molecule has 0 aromatic carbocycles. The smallest absolute Gasteiger partial charge is 0.0808 e. The SMILES string of the molecule is CCCNC1C(OCC2CCCCO2)CCCC1(C)C. The van der Waals surface area contributed by atoms with E-state index in [0.29, 0.717) is 23.7 Å². The fourth-order valence-corrected chi connectivity index (χ4v) is 3.64. The standard InChI is InChI=1S/C17H33NO2/c1-4-11-18-16-15(9-7-10-17(16,2)3)20-13-14-8-5-6-12-19-14/h14-16,18H,4-13H2,1-3H3. The maximum Gasteiger partial charge on any atom is 0.0808 e. The van der Waals surface area contributed by atoms with Crippen molar-refractivity contribution in [3.05, 3.63) is 0 Å². The summed E-state index contributed by atoms with van der Waals surface area (Å²) in [5.41, 5.74) is 0.339. The molecule has 3 unspecified atom stereocenters. The van der Waals surface area contributed by atoms with Gasteiger partial charge >= 0.3 is 0 Å². The molecular weight excluding hydrogens is 250 g/mol. The first kappa shape index (κ1) is 16.3. The number of nitrogens with one attached hydrogen (secondary N) is 1. The first-order chi connectivity index (χ1) is 9.63. The molecule has 1 saturated carbocycles. The second-order valence-electron chi connectivity index (χ2n) is 7.17. The van der Waals surface area contributed by atoms with Gasteiger partial charge in [-0.3, -0.25) is 0 Å². The summed E-state index contributed by atoms with van der Waals surface area (Å²) in [6.45, 7) is 9.79. The van der Waals surface area contributed by atoms with E-state index in [9.17, 15) is 0 Å². The molecule has 3 heteroatoms. The summed E-state index contributed by atoms with van der Waals surface area (Å²) < 4.78 is 12.1. The van der Waals surface area contributed by atoms with Gasteiger partial charge in [-0.1, -0.05) is 27.2 Å². The molecule has 0 radical (unpaired) electrons. The number of hydrogen-bond acceptors (Lipinski definition) is 3. The molecule has 2 rings (SSSR count). The fourth-order valence-electron chi connectivity index (χ4n) is 3.64. The van der Waals surface area contributed by atoms with Gasteiger partial charge in [0.15, 0.2) is 0 Å². The highest BCUT2D eigenvalue weighted by atomic mass is 16.5. The molecule has 1 N–H and O–H groups in total. The van der Waals surface area contributed by atoms with Crippen LogP contribution >= 0.6 is 0 Å². The van der Waals surface area contributed by atoms with Crippen molar-refractivity contribution >= 4 is 0 Å². The Bertz CT molecular complexity index is 274. The monoisotopic (exact) mass is 283 g/mol. The first-order valence-electron chi connectivity index (χ1n) is 8.60. The number of ether oxygens (including phenoxy) is 2. The molecule has 1 saturated heterocycles. The fraction of sp³-hybridized carbons (Fsp3) is 1.00. The van der Waals surface area contributed by atoms with Gasteiger partial charge in [0.1, 0.15) is 0 Å². The lowest BCUT2D eigenvalue weighted by Crippen LogP contribution is -2.54. The van der Waals surface area contributed by atoms with Crippen LogP contribution in [-0.2, 0) is 9.47 Å². The van der Waals surface area contributed by atoms with Crippen molar-refractivity contribution in [2.24, 2.45) is 5.41 Å². The Kier molecular flexibility index (Phi) is 6.31. The van der Waals surface area contributed by atoms with E-state index in [4.69, 9.17) is 9.47 Å². The zero-order valence-corrected chi connectivity index (χ0v) is 13.6. The molecule has 3 nitrogen and oxygen atoms in total. The van der Waals surface area contributed by atoms with E-state index in [0.717, 1.165) is 19.8 Å². The molecule has 0 spiro atoms. The highest BCUT2D eigenvalue weighted by Gasteiger charge is 2.39. The Morgan fingerprint density at radius 3 is 2.75 bits per heavy atom. The minimum Gasteiger partial charge on any atom is -0.376 e. The molecular formula is C17H33NO2. The van der Waals surface area contributed by atoms with Gasteiger partial charge in [0.2, 0.25) is 0 Å². The third-order valence-electron chi connectivity index (χ3n) is 4.91. The lowest BCUT2D eigenvalue weighted by atomic mass is 9.71. The maximum atomic E-state index is 6.28. The van der Waals surface area contributed by atoms with Gasteiger partial charge in [-0.15, -0.1) is 0 Å². The van der Waals surface area contributed by atoms with Gasteiger partial charge in [0, 0.05) is 12.6 Å². The Morgan fingerprint density at radius 2 is 2.05 bits per heavy atom. The average Bonchev–Trinajstić information content (AvgIpc) is 2.44. The third kappa shape index (κ3) is 4.44. The Hall–Kier alpha value is -0.120. The van der Waals surface area contributed by atoms with Gasteiger partial charge in [-0.25, -0.2) is 0 Å². The molecule has 1 aliphatic carbocycles. The summed E-state index contributed by atoms with van der Waals surface area (Å²) in [7, 11) is 0. The number of hydrogen-bond donors (Lipinski definition) is 1. The molecule has 0 aromatic heterocycles. The summed E-state index contributed by atoms with van der Waals surface area (Å²) in [5.74, 6) is 0. The third-order valence-corrected chi connectivity index (χ3v) is 4.91. The zero-order chi connectivity index (χ0) is 14.4. The Balaban J connectivity index is 1.85. The van der Waals surface area contributed by atoms with E-state index in [1.807, 2.05) is 0 Å². The van der Waals surface area contributed by atoms with Crippen LogP contribution in [-0.4, -0.2) is 38.0 Å². The van der Waals surface area contributed by atoms with Crippen molar-refractivity contribution in [3.63, 3.8) is 0 Å². The van der Waals surface area contributed by atoms with Crippen molar-refractivity contribution in [1.29, 1.82) is 0 Å². The topological polar surface area (TPSA) is 30.5 Å². The molecule has 2 fully saturated rings. The van der Waals surface area contributed by atoms with Crippen LogP contribution in [0.1, 0.15) is 65.7 Å². The molecule has 0 bridgehead atoms. The van der Waals surface area contributed by atoms with Crippen molar-refractivity contribution < 1.29 is 9.47 Å². The highest BCUT2D eigenvalue weighted by molar-refractivity contribution is 4.94. The summed E-state index contributed by atoms with van der Waals surface area (Å²) in [6, 6.07) is 0.486. The quantitative estimate of drug-likeness (QED) is 0.809. The average molecular weight is 283 g/mol. The zero-order valence-electron chi connectivity index (χ0n) is 13.6. The van der Waals surface area contributed by atoms with Crippen molar-refractivity contribution in [3.8, 4) is 0 Å². The minimum atomic E-state index is 0.334. The molecule has 0 aromatic rings. The van der Waals surface area contributed by atoms with Gasteiger partial charge < -0.3 is 14.8 Å². The van der Waals surface area contributed by atoms with Crippen LogP contribution in [0.25, 0.3) is 0 Å². The Labute approximate surface area is 124 Å². The molecule has 20 heavy (non-hydrogen) atoms. The summed E-state index contributed by atoms with van der Waals surface area (Å²) in [6.07, 6.45) is 9.33. The van der Waals surface area contributed by atoms with Crippen LogP contribution < -0.4 is 5.32 Å². The van der Waals surface area contributed by atoms with Gasteiger partial charge in [0.25, 0.3) is 0 Å². The molecule has 1 aliphatic heterocycles. The van der Waals surface area contributed by atoms with Crippen LogP contribution in [0.2, 0.25) is 0 Å². The maximum absolute atomic E-state index is 6.28. The van der Waals surface area contributed by atoms with Crippen molar-refractivity contribution in [2.45, 2.75) is 84.0 Å². The van der Waals surface area contributed by atoms with E-state index in [1.54, 1.807) is 0 Å². The van der Waals surface area contributed by atoms with E-state index in [-0.39, 0.29) is 0 Å². The van der Waals surface area contributed by atoms with Crippen LogP contribution in [0.5, 0.6) is 0 Å². The molecule has 2 aliphatic rings. The summed E-state index contributed by atoms with van der Waals surface area (Å²) in [5, 5.41) is 3.73. The van der Waals surface area contributed by atoms with E-state index < -0.39 is 0 Å². The van der Waals surface area contributed by atoms with Gasteiger partial charge in [0.05, 0.1) is 18.8 Å². The summed E-state index contributed by atoms with van der Waals surface area (Å²) in [4.78, 5) is 0. The van der Waals surface area contributed by atoms with Crippen LogP contribution in [0, 0.1) is 5.41 Å². The lowest BCUT2D eigenvalue weighted by Gasteiger charge is -2.44. The second kappa shape index (κ2) is 7.77. The molecule has 3 atom stereocenters. The van der Waals surface area contributed by atoms with Crippen molar-refractivity contribution in [1.82, 2.24) is 5.32 Å². The van der Waals surface area contributed by atoms with Gasteiger partial charge in [-0.05, 0) is 50.5 Å². The molecule has 0 amide bonds. The van der Waals surface area contributed by atoms with E-state index in [1.165, 1.54) is 44.9 Å². The van der Waals surface area contributed by atoms with Crippen LogP contribution in [0.3, 0.4) is 0 Å². The van der Waals surface area contributed by atoms with Crippen LogP contribution in [0.4, 0.5) is 0 Å². The van der Waals surface area contributed by atoms with Gasteiger partial charge in [-0.2, -0.15) is 0 Å². The molecule has 118 valence electrons. The van der Waals surface area contributed by atoms with E-state index >= 15 is 0 Å². The largest absolute Gasteiger partial charge is 0.376 e. The highest BCUT2D eigenvalue weighted by Crippen LogP contribution is 2.37. The number of rotatable bonds is 6. The van der Waals surface area contributed by atoms with Crippen LogP contribution in [0.15, 0.2) is 0 Å². The first-order valence-corrected chi connectivity index (χ1v) is 8.60. The normalized spacial score (nSPS) is 34.0. The predicted molar refractivity (Wildman–Crippen MR) is 83.0 cm³/mol. The second-order valence-corrected chi connectivity index (χ2v) is 7.17. The lowest BCUT2D eigenvalue weighted by molar-refractivity contribution is -0.0936. The van der Waals surface area contributed by atoms with Crippen molar-refractivity contribution in [2.75, 3.05) is 19.8 Å². The minimum absolute atomic E-state index is 0.334. The van der Waals surface area contributed by atoms with E-state index in [2.05, 4.69) is 26.1 Å².